The van der Waals surface area contributed by atoms with E-state index in [1.807, 2.05) is 23.1 Å². The molecule has 2 aromatic carbocycles. The highest BCUT2D eigenvalue weighted by atomic mass is 32.1. The van der Waals surface area contributed by atoms with Crippen LogP contribution in [-0.4, -0.2) is 55.2 Å². The lowest BCUT2D eigenvalue weighted by Crippen LogP contribution is -2.43. The van der Waals surface area contributed by atoms with Crippen molar-refractivity contribution in [3.8, 4) is 0 Å². The molecule has 2 heterocycles. The Morgan fingerprint density at radius 3 is 2.69 bits per heavy atom. The number of morpholine rings is 1. The zero-order valence-corrected chi connectivity index (χ0v) is 17.7. The first-order valence-corrected chi connectivity index (χ1v) is 11.0. The molecule has 1 aliphatic heterocycles. The van der Waals surface area contributed by atoms with E-state index in [0.29, 0.717) is 13.0 Å². The Morgan fingerprint density at radius 1 is 1.14 bits per heavy atom. The number of ether oxygens (including phenoxy) is 1. The average Bonchev–Trinajstić information content (AvgIpc) is 3.19. The molecule has 0 aliphatic carbocycles. The molecule has 0 radical (unpaired) electrons. The first-order valence-electron chi connectivity index (χ1n) is 10.2. The maximum absolute atomic E-state index is 13.2. The van der Waals surface area contributed by atoms with Gasteiger partial charge in [-0.25, -0.2) is 4.98 Å². The maximum atomic E-state index is 13.2. The number of fused-ring (bicyclic) bond motifs is 1. The zero-order valence-electron chi connectivity index (χ0n) is 16.8. The number of thiazole rings is 1. The van der Waals surface area contributed by atoms with Crippen molar-refractivity contribution in [2.75, 3.05) is 44.3 Å². The van der Waals surface area contributed by atoms with Gasteiger partial charge in [0.2, 0.25) is 5.91 Å². The van der Waals surface area contributed by atoms with Crippen LogP contribution in [0.1, 0.15) is 17.5 Å². The molecule has 1 amide bonds. The van der Waals surface area contributed by atoms with Crippen LogP contribution >= 0.6 is 11.3 Å². The summed E-state index contributed by atoms with van der Waals surface area (Å²) in [5.74, 6) is 0.138. The normalized spacial score (nSPS) is 14.9. The van der Waals surface area contributed by atoms with Crippen LogP contribution in [0.5, 0.6) is 0 Å². The van der Waals surface area contributed by atoms with E-state index in [-0.39, 0.29) is 5.91 Å². The van der Waals surface area contributed by atoms with Gasteiger partial charge in [-0.05, 0) is 30.5 Å². The Bertz CT molecular complexity index is 951. The third-order valence-electron chi connectivity index (χ3n) is 5.36. The topological polar surface area (TPSA) is 45.7 Å². The predicted octanol–water partition coefficient (Wildman–Crippen LogP) is 3.90. The van der Waals surface area contributed by atoms with Crippen molar-refractivity contribution in [3.05, 3.63) is 59.7 Å². The van der Waals surface area contributed by atoms with Gasteiger partial charge in [0.05, 0.1) is 23.4 Å². The molecular formula is C23H27N3O2S. The highest BCUT2D eigenvalue weighted by Gasteiger charge is 2.21. The van der Waals surface area contributed by atoms with Crippen molar-refractivity contribution in [3.63, 3.8) is 0 Å². The number of anilines is 1. The third-order valence-corrected chi connectivity index (χ3v) is 6.40. The first-order chi connectivity index (χ1) is 14.2. The molecular weight excluding hydrogens is 382 g/mol. The summed E-state index contributed by atoms with van der Waals surface area (Å²) in [6.07, 6.45) is 1.24. The van der Waals surface area contributed by atoms with Gasteiger partial charge in [-0.1, -0.05) is 53.8 Å². The summed E-state index contributed by atoms with van der Waals surface area (Å²) >= 11 is 1.61. The summed E-state index contributed by atoms with van der Waals surface area (Å²) in [5, 5.41) is 0.806. The summed E-state index contributed by atoms with van der Waals surface area (Å²) < 4.78 is 6.58. The molecule has 1 fully saturated rings. The fourth-order valence-electron chi connectivity index (χ4n) is 3.61. The lowest BCUT2D eigenvalue weighted by atomic mass is 10.1. The van der Waals surface area contributed by atoms with Crippen LogP contribution < -0.4 is 4.90 Å². The van der Waals surface area contributed by atoms with Gasteiger partial charge in [0.15, 0.2) is 5.13 Å². The molecule has 0 N–H and O–H groups in total. The number of aryl methyl sites for hydroxylation is 2. The molecule has 0 unspecified atom stereocenters. The molecule has 6 heteroatoms. The number of benzene rings is 2. The fourth-order valence-corrected chi connectivity index (χ4v) is 4.70. The van der Waals surface area contributed by atoms with Gasteiger partial charge in [-0.2, -0.15) is 0 Å². The Balaban J connectivity index is 1.52. The van der Waals surface area contributed by atoms with E-state index in [1.165, 1.54) is 5.56 Å². The van der Waals surface area contributed by atoms with Gasteiger partial charge in [0, 0.05) is 32.6 Å². The van der Waals surface area contributed by atoms with Crippen molar-refractivity contribution in [2.24, 2.45) is 0 Å². The summed E-state index contributed by atoms with van der Waals surface area (Å²) in [6.45, 7) is 6.95. The predicted molar refractivity (Wildman–Crippen MR) is 119 cm³/mol. The number of carbonyl (C=O) groups is 1. The maximum Gasteiger partial charge on any atom is 0.229 e. The van der Waals surface area contributed by atoms with E-state index in [2.05, 4.69) is 42.2 Å². The number of amides is 1. The van der Waals surface area contributed by atoms with E-state index in [4.69, 9.17) is 9.72 Å². The van der Waals surface area contributed by atoms with Crippen molar-refractivity contribution >= 4 is 32.6 Å². The van der Waals surface area contributed by atoms with Crippen molar-refractivity contribution < 1.29 is 9.53 Å². The molecule has 0 atom stereocenters. The van der Waals surface area contributed by atoms with E-state index < -0.39 is 0 Å². The van der Waals surface area contributed by atoms with Gasteiger partial charge in [-0.3, -0.25) is 14.6 Å². The van der Waals surface area contributed by atoms with Crippen LogP contribution in [0.3, 0.4) is 0 Å². The van der Waals surface area contributed by atoms with E-state index in [1.54, 1.807) is 11.3 Å². The highest BCUT2D eigenvalue weighted by molar-refractivity contribution is 7.22. The number of nitrogens with zero attached hydrogens (tertiary/aromatic N) is 3. The molecule has 4 rings (SSSR count). The molecule has 0 spiro atoms. The fraction of sp³-hybridized carbons (Fsp3) is 0.391. The summed E-state index contributed by atoms with van der Waals surface area (Å²) in [6, 6.07) is 16.4. The molecule has 152 valence electrons. The van der Waals surface area contributed by atoms with Crippen molar-refractivity contribution in [1.82, 2.24) is 9.88 Å². The lowest BCUT2D eigenvalue weighted by Gasteiger charge is -2.29. The highest BCUT2D eigenvalue weighted by Crippen LogP contribution is 2.31. The van der Waals surface area contributed by atoms with Crippen molar-refractivity contribution in [1.29, 1.82) is 0 Å². The number of aromatic nitrogens is 1. The van der Waals surface area contributed by atoms with Gasteiger partial charge in [-0.15, -0.1) is 0 Å². The number of rotatable bonds is 7. The van der Waals surface area contributed by atoms with Crippen molar-refractivity contribution in [2.45, 2.75) is 19.8 Å². The second kappa shape index (κ2) is 9.48. The van der Waals surface area contributed by atoms with Crippen LogP contribution in [0.25, 0.3) is 10.2 Å². The monoisotopic (exact) mass is 409 g/mol. The number of hydrogen-bond donors (Lipinski definition) is 0. The van der Waals surface area contributed by atoms with Crippen LogP contribution in [-0.2, 0) is 16.0 Å². The van der Waals surface area contributed by atoms with Crippen LogP contribution in [0, 0.1) is 6.92 Å². The van der Waals surface area contributed by atoms with Gasteiger partial charge >= 0.3 is 0 Å². The minimum absolute atomic E-state index is 0.138. The van der Waals surface area contributed by atoms with Crippen LogP contribution in [0.4, 0.5) is 5.13 Å². The Labute approximate surface area is 175 Å². The smallest absolute Gasteiger partial charge is 0.229 e. The Morgan fingerprint density at radius 2 is 1.93 bits per heavy atom. The average molecular weight is 410 g/mol. The van der Waals surface area contributed by atoms with Crippen LogP contribution in [0.2, 0.25) is 0 Å². The van der Waals surface area contributed by atoms with E-state index >= 15 is 0 Å². The van der Waals surface area contributed by atoms with Crippen LogP contribution in [0.15, 0.2) is 48.5 Å². The standard InChI is InChI=1S/C23H27N3O2S/c1-18-6-5-9-20-22(18)24-23(29-20)26(13-12-25-14-16-28-17-15-25)21(27)11-10-19-7-3-2-4-8-19/h2-9H,10-17H2,1H3. The number of hydrogen-bond acceptors (Lipinski definition) is 5. The van der Waals surface area contributed by atoms with E-state index in [9.17, 15) is 4.79 Å². The SMILES string of the molecule is Cc1cccc2sc(N(CCN3CCOCC3)C(=O)CCc3ccccc3)nc12. The van der Waals surface area contributed by atoms with Gasteiger partial charge in [0.25, 0.3) is 0 Å². The molecule has 1 aliphatic rings. The summed E-state index contributed by atoms with van der Waals surface area (Å²) in [7, 11) is 0. The summed E-state index contributed by atoms with van der Waals surface area (Å²) in [4.78, 5) is 22.3. The molecule has 0 saturated carbocycles. The Hall–Kier alpha value is -2.28. The second-order valence-electron chi connectivity index (χ2n) is 7.40. The minimum atomic E-state index is 0.138. The molecule has 3 aromatic rings. The molecule has 1 aromatic heterocycles. The first kappa shape index (κ1) is 20.0. The Kier molecular flexibility index (Phi) is 6.54. The third kappa shape index (κ3) is 5.01. The number of carbonyl (C=O) groups excluding carboxylic acids is 1. The molecule has 0 bridgehead atoms. The summed E-state index contributed by atoms with van der Waals surface area (Å²) in [5.41, 5.74) is 3.34. The zero-order chi connectivity index (χ0) is 20.1. The minimum Gasteiger partial charge on any atom is -0.379 e. The lowest BCUT2D eigenvalue weighted by molar-refractivity contribution is -0.118. The van der Waals surface area contributed by atoms with Gasteiger partial charge < -0.3 is 4.74 Å². The quantitative estimate of drug-likeness (QED) is 0.594. The molecule has 1 saturated heterocycles. The second-order valence-corrected chi connectivity index (χ2v) is 8.41. The van der Waals surface area contributed by atoms with E-state index in [0.717, 1.165) is 60.2 Å². The largest absolute Gasteiger partial charge is 0.379 e. The van der Waals surface area contributed by atoms with Gasteiger partial charge in [0.1, 0.15) is 0 Å². The molecule has 5 nitrogen and oxygen atoms in total. The number of para-hydroxylation sites is 1. The molecule has 29 heavy (non-hydrogen) atoms.